The third-order valence-electron chi connectivity index (χ3n) is 18.4. The lowest BCUT2D eigenvalue weighted by Crippen LogP contribution is -1.96. The van der Waals surface area contributed by atoms with Crippen molar-refractivity contribution in [2.45, 2.75) is 0 Å². The molecule has 0 spiro atoms. The second-order valence-electron chi connectivity index (χ2n) is 23.3. The maximum absolute atomic E-state index is 2.44. The van der Waals surface area contributed by atoms with Gasteiger partial charge in [-0.25, -0.2) is 0 Å². The molecular weight excluding hydrogens is 1060 g/mol. The summed E-state index contributed by atoms with van der Waals surface area (Å²) < 4.78 is 9.77. The summed E-state index contributed by atoms with van der Waals surface area (Å²) in [6, 6.07) is 120. The van der Waals surface area contributed by atoms with Gasteiger partial charge in [-0.2, -0.15) is 0 Å². The van der Waals surface area contributed by atoms with E-state index in [9.17, 15) is 0 Å². The van der Waals surface area contributed by atoms with Gasteiger partial charge in [0.1, 0.15) is 0 Å². The average molecular weight is 1120 g/mol. The Morgan fingerprint density at radius 2 is 0.398 bits per heavy atom. The van der Waals surface area contributed by atoms with Gasteiger partial charge in [-0.15, -0.1) is 0 Å². The zero-order chi connectivity index (χ0) is 57.8. The average Bonchev–Trinajstić information content (AvgIpc) is 1.63. The number of aromatic nitrogens is 4. The van der Waals surface area contributed by atoms with E-state index < -0.39 is 0 Å². The fraction of sp³-hybridized carbons (Fsp3) is 0. The molecule has 4 heteroatoms. The van der Waals surface area contributed by atoms with Gasteiger partial charge < -0.3 is 18.3 Å². The first-order valence-electron chi connectivity index (χ1n) is 30.3. The highest BCUT2D eigenvalue weighted by molar-refractivity contribution is 6.21. The molecule has 0 amide bonds. The highest BCUT2D eigenvalue weighted by Gasteiger charge is 2.22. The van der Waals surface area contributed by atoms with Gasteiger partial charge in [-0.05, 0) is 165 Å². The highest BCUT2D eigenvalue weighted by Crippen LogP contribution is 2.44. The van der Waals surface area contributed by atoms with Crippen LogP contribution in [0.2, 0.25) is 0 Å². The first-order chi connectivity index (χ1) is 43.6. The van der Waals surface area contributed by atoms with Gasteiger partial charge in [0.2, 0.25) is 0 Å². The molecule has 0 unspecified atom stereocenters. The molecule has 0 saturated heterocycles. The van der Waals surface area contributed by atoms with E-state index in [-0.39, 0.29) is 0 Å². The van der Waals surface area contributed by atoms with Gasteiger partial charge in [-0.3, -0.25) is 0 Å². The second kappa shape index (κ2) is 20.0. The molecule has 4 heterocycles. The van der Waals surface area contributed by atoms with Crippen molar-refractivity contribution in [3.8, 4) is 78.4 Å². The van der Waals surface area contributed by atoms with Crippen LogP contribution in [0, 0.1) is 0 Å². The van der Waals surface area contributed by atoms with Crippen molar-refractivity contribution < 1.29 is 0 Å². The minimum atomic E-state index is 1.12. The molecule has 410 valence electrons. The Balaban J connectivity index is 0.704. The van der Waals surface area contributed by atoms with Crippen LogP contribution in [0.25, 0.3) is 166 Å². The topological polar surface area (TPSA) is 19.7 Å². The summed E-state index contributed by atoms with van der Waals surface area (Å²) in [6.45, 7) is 0. The minimum absolute atomic E-state index is 1.12. The molecular formula is C84H54N4. The first-order valence-corrected chi connectivity index (χ1v) is 30.3. The number of nitrogens with zero attached hydrogens (tertiary/aromatic N) is 4. The summed E-state index contributed by atoms with van der Waals surface area (Å²) >= 11 is 0. The van der Waals surface area contributed by atoms with Crippen LogP contribution in [0.3, 0.4) is 0 Å². The summed E-state index contributed by atoms with van der Waals surface area (Å²) in [6.07, 6.45) is 0. The monoisotopic (exact) mass is 1120 g/mol. The lowest BCUT2D eigenvalue weighted by atomic mass is 9.98. The van der Waals surface area contributed by atoms with Crippen LogP contribution >= 0.6 is 0 Å². The Kier molecular flexibility index (Phi) is 11.3. The van der Waals surface area contributed by atoms with E-state index in [4.69, 9.17) is 0 Å². The van der Waals surface area contributed by atoms with Crippen LogP contribution in [0.1, 0.15) is 0 Å². The zero-order valence-corrected chi connectivity index (χ0v) is 48.0. The van der Waals surface area contributed by atoms with E-state index in [1.807, 2.05) is 0 Å². The maximum Gasteiger partial charge on any atom is 0.0562 e. The maximum atomic E-state index is 2.44. The number of rotatable bonds is 9. The molecule has 0 aliphatic carbocycles. The molecule has 0 aliphatic rings. The van der Waals surface area contributed by atoms with Crippen LogP contribution < -0.4 is 0 Å². The van der Waals surface area contributed by atoms with Gasteiger partial charge in [-0.1, -0.05) is 218 Å². The van der Waals surface area contributed by atoms with Gasteiger partial charge in [0, 0.05) is 65.8 Å². The lowest BCUT2D eigenvalue weighted by molar-refractivity contribution is 1.16. The Morgan fingerprint density at radius 3 is 0.864 bits per heavy atom. The normalized spacial score (nSPS) is 11.9. The molecule has 0 bridgehead atoms. The zero-order valence-electron chi connectivity index (χ0n) is 48.0. The molecule has 4 nitrogen and oxygen atoms in total. The SMILES string of the molecule is c1ccc(-c2cccc(-c3ccc(-n4c5ccccc5c5cc6c7cc(-c8ccc(-c9ccc(-n%10c%11ccccc%11c%11cc%12c%13ccccc%13n(-c%13cccc(-c%14ccccc%14)c%13)c%12cc%11%10)cc9)cc8)ccc7n(-c7ccccc7)c6cc54)cc3)c2)cc1. The van der Waals surface area contributed by atoms with E-state index in [1.54, 1.807) is 0 Å². The molecule has 0 saturated carbocycles. The van der Waals surface area contributed by atoms with E-state index in [0.29, 0.717) is 0 Å². The van der Waals surface area contributed by atoms with Crippen LogP contribution in [-0.2, 0) is 0 Å². The first kappa shape index (κ1) is 49.7. The molecule has 18 aromatic rings. The van der Waals surface area contributed by atoms with Crippen LogP contribution in [0.15, 0.2) is 328 Å². The Labute approximate surface area is 508 Å². The van der Waals surface area contributed by atoms with Crippen molar-refractivity contribution in [2.24, 2.45) is 0 Å². The van der Waals surface area contributed by atoms with E-state index in [1.165, 1.54) is 143 Å². The predicted molar refractivity (Wildman–Crippen MR) is 371 cm³/mol. The van der Waals surface area contributed by atoms with Gasteiger partial charge in [0.05, 0.1) is 44.1 Å². The fourth-order valence-electron chi connectivity index (χ4n) is 14.2. The molecule has 0 N–H and O–H groups in total. The van der Waals surface area contributed by atoms with E-state index >= 15 is 0 Å². The number of benzene rings is 14. The van der Waals surface area contributed by atoms with Crippen molar-refractivity contribution in [3.05, 3.63) is 328 Å². The van der Waals surface area contributed by atoms with Gasteiger partial charge in [0.15, 0.2) is 0 Å². The van der Waals surface area contributed by atoms with E-state index in [0.717, 1.165) is 22.7 Å². The van der Waals surface area contributed by atoms with Crippen molar-refractivity contribution in [2.75, 3.05) is 0 Å². The van der Waals surface area contributed by atoms with Crippen LogP contribution in [-0.4, -0.2) is 18.3 Å². The summed E-state index contributed by atoms with van der Waals surface area (Å²) in [5, 5.41) is 9.89. The minimum Gasteiger partial charge on any atom is -0.309 e. The second-order valence-corrected chi connectivity index (χ2v) is 23.3. The van der Waals surface area contributed by atoms with E-state index in [2.05, 4.69) is 346 Å². The Hall–Kier alpha value is -11.7. The van der Waals surface area contributed by atoms with Crippen LogP contribution in [0.4, 0.5) is 0 Å². The summed E-state index contributed by atoms with van der Waals surface area (Å²) in [5.41, 5.74) is 25.9. The van der Waals surface area contributed by atoms with Gasteiger partial charge in [0.25, 0.3) is 0 Å². The molecule has 14 aromatic carbocycles. The standard InChI is InChI=1S/C84H54N4/c1-4-18-55(19-5-1)61-22-16-23-62(48-61)60-40-45-67(46-41-60)87-78-32-14-11-29-70(78)75-52-76-72-50-64(42-47-80(72)85(84(76)54-82(75)87)65-25-8-3-9-26-65)59-36-34-57(35-37-59)58-38-43-66(44-39-58)86-77-31-13-10-28-69(77)73-51-74-71-30-12-15-33-79(71)88(83(74)53-81(73)86)68-27-17-24-63(49-68)56-20-6-2-7-21-56/h1-54H. The Bertz CT molecular complexity index is 5750. The smallest absolute Gasteiger partial charge is 0.0562 e. The van der Waals surface area contributed by atoms with Crippen LogP contribution in [0.5, 0.6) is 0 Å². The largest absolute Gasteiger partial charge is 0.309 e. The molecule has 0 aliphatic heterocycles. The summed E-state index contributed by atoms with van der Waals surface area (Å²) in [4.78, 5) is 0. The fourth-order valence-corrected chi connectivity index (χ4v) is 14.2. The van der Waals surface area contributed by atoms with Crippen molar-refractivity contribution in [3.63, 3.8) is 0 Å². The van der Waals surface area contributed by atoms with Crippen molar-refractivity contribution >= 4 is 87.2 Å². The third-order valence-corrected chi connectivity index (χ3v) is 18.4. The lowest BCUT2D eigenvalue weighted by Gasteiger charge is -2.12. The summed E-state index contributed by atoms with van der Waals surface area (Å²) in [5.74, 6) is 0. The van der Waals surface area contributed by atoms with Crippen molar-refractivity contribution in [1.29, 1.82) is 0 Å². The molecule has 88 heavy (non-hydrogen) atoms. The third kappa shape index (κ3) is 7.93. The molecule has 0 radical (unpaired) electrons. The number of fused-ring (bicyclic) bond motifs is 12. The van der Waals surface area contributed by atoms with Gasteiger partial charge >= 0.3 is 0 Å². The molecule has 18 rings (SSSR count). The molecule has 0 atom stereocenters. The molecule has 0 fully saturated rings. The highest BCUT2D eigenvalue weighted by atomic mass is 15.0. The van der Waals surface area contributed by atoms with Crippen molar-refractivity contribution in [1.82, 2.24) is 18.3 Å². The predicted octanol–water partition coefficient (Wildman–Crippen LogP) is 22.4. The number of para-hydroxylation sites is 4. The Morgan fingerprint density at radius 1 is 0.125 bits per heavy atom. The number of hydrogen-bond donors (Lipinski definition) is 0. The quantitative estimate of drug-likeness (QED) is 0.137. The molecule has 4 aromatic heterocycles. The number of hydrogen-bond acceptors (Lipinski definition) is 0. The summed E-state index contributed by atoms with van der Waals surface area (Å²) in [7, 11) is 0.